The van der Waals surface area contributed by atoms with E-state index < -0.39 is 16.0 Å². The van der Waals surface area contributed by atoms with Crippen LogP contribution in [0, 0.1) is 0 Å². The standard InChI is InChI=1S/C22H27NO5S/c1-22(2,3)19-9-7-17(8-10-19)16-28-21(24)18-5-4-6-20(15-18)29(25,26)23-11-13-27-14-12-23/h4-10,15H,11-14,16H2,1-3H3. The number of ether oxygens (including phenoxy) is 2. The lowest BCUT2D eigenvalue weighted by Crippen LogP contribution is -2.40. The largest absolute Gasteiger partial charge is 0.457 e. The normalized spacial score (nSPS) is 15.8. The van der Waals surface area contributed by atoms with E-state index in [-0.39, 0.29) is 22.5 Å². The fourth-order valence-corrected chi connectivity index (χ4v) is 4.51. The minimum Gasteiger partial charge on any atom is -0.457 e. The van der Waals surface area contributed by atoms with Crippen molar-refractivity contribution < 1.29 is 22.7 Å². The molecule has 1 fully saturated rings. The Balaban J connectivity index is 1.68. The molecule has 0 amide bonds. The van der Waals surface area contributed by atoms with Crippen molar-refractivity contribution >= 4 is 16.0 Å². The van der Waals surface area contributed by atoms with Crippen LogP contribution >= 0.6 is 0 Å². The third-order valence-corrected chi connectivity index (χ3v) is 6.76. The number of nitrogens with zero attached hydrogens (tertiary/aromatic N) is 1. The van der Waals surface area contributed by atoms with Crippen LogP contribution in [0.5, 0.6) is 0 Å². The van der Waals surface area contributed by atoms with Crippen molar-refractivity contribution in [3.05, 3.63) is 65.2 Å². The van der Waals surface area contributed by atoms with Crippen molar-refractivity contribution in [3.63, 3.8) is 0 Å². The lowest BCUT2D eigenvalue weighted by Gasteiger charge is -2.26. The van der Waals surface area contributed by atoms with Crippen LogP contribution in [0.3, 0.4) is 0 Å². The summed E-state index contributed by atoms with van der Waals surface area (Å²) in [4.78, 5) is 12.5. The van der Waals surface area contributed by atoms with Gasteiger partial charge in [0.2, 0.25) is 10.0 Å². The molecule has 0 radical (unpaired) electrons. The zero-order valence-electron chi connectivity index (χ0n) is 17.1. The van der Waals surface area contributed by atoms with Gasteiger partial charge in [-0.25, -0.2) is 13.2 Å². The monoisotopic (exact) mass is 417 g/mol. The van der Waals surface area contributed by atoms with Gasteiger partial charge < -0.3 is 9.47 Å². The molecule has 0 unspecified atom stereocenters. The molecule has 0 atom stereocenters. The van der Waals surface area contributed by atoms with Gasteiger partial charge in [-0.3, -0.25) is 0 Å². The van der Waals surface area contributed by atoms with E-state index in [4.69, 9.17) is 9.47 Å². The smallest absolute Gasteiger partial charge is 0.338 e. The lowest BCUT2D eigenvalue weighted by molar-refractivity contribution is 0.0472. The summed E-state index contributed by atoms with van der Waals surface area (Å²) in [5, 5.41) is 0. The van der Waals surface area contributed by atoms with Gasteiger partial charge in [-0.1, -0.05) is 51.1 Å². The van der Waals surface area contributed by atoms with E-state index in [1.165, 1.54) is 22.0 Å². The highest BCUT2D eigenvalue weighted by atomic mass is 32.2. The topological polar surface area (TPSA) is 72.9 Å². The molecule has 1 aliphatic heterocycles. The number of rotatable bonds is 5. The van der Waals surface area contributed by atoms with Crippen LogP contribution in [-0.4, -0.2) is 45.0 Å². The highest BCUT2D eigenvalue weighted by Crippen LogP contribution is 2.23. The lowest BCUT2D eigenvalue weighted by atomic mass is 9.87. The van der Waals surface area contributed by atoms with Crippen molar-refractivity contribution in [1.82, 2.24) is 4.31 Å². The third-order valence-electron chi connectivity index (χ3n) is 4.87. The molecule has 0 aromatic heterocycles. The third kappa shape index (κ3) is 5.23. The summed E-state index contributed by atoms with van der Waals surface area (Å²) in [6, 6.07) is 13.9. The Bertz CT molecular complexity index is 955. The summed E-state index contributed by atoms with van der Waals surface area (Å²) in [7, 11) is -3.66. The Labute approximate surface area is 172 Å². The molecule has 156 valence electrons. The Kier molecular flexibility index (Phi) is 6.41. The van der Waals surface area contributed by atoms with E-state index >= 15 is 0 Å². The number of esters is 1. The van der Waals surface area contributed by atoms with Gasteiger partial charge in [-0.2, -0.15) is 4.31 Å². The predicted octanol–water partition coefficient (Wildman–Crippen LogP) is 3.36. The molecule has 6 nitrogen and oxygen atoms in total. The molecule has 0 spiro atoms. The second-order valence-electron chi connectivity index (χ2n) is 8.07. The summed E-state index contributed by atoms with van der Waals surface area (Å²) in [6.45, 7) is 7.90. The van der Waals surface area contributed by atoms with Crippen LogP contribution in [0.4, 0.5) is 0 Å². The van der Waals surface area contributed by atoms with Gasteiger partial charge in [-0.15, -0.1) is 0 Å². The van der Waals surface area contributed by atoms with Crippen LogP contribution < -0.4 is 0 Å². The summed E-state index contributed by atoms with van der Waals surface area (Å²) >= 11 is 0. The second-order valence-corrected chi connectivity index (χ2v) is 10.0. The zero-order chi connectivity index (χ0) is 21.1. The highest BCUT2D eigenvalue weighted by molar-refractivity contribution is 7.89. The molecule has 0 N–H and O–H groups in total. The Morgan fingerprint density at radius 1 is 1.07 bits per heavy atom. The molecule has 2 aromatic carbocycles. The van der Waals surface area contributed by atoms with Crippen molar-refractivity contribution in [2.75, 3.05) is 26.3 Å². The molecule has 3 rings (SSSR count). The van der Waals surface area contributed by atoms with E-state index in [1.807, 2.05) is 24.3 Å². The highest BCUT2D eigenvalue weighted by Gasteiger charge is 2.27. The second kappa shape index (κ2) is 8.65. The number of carbonyl (C=O) groups is 1. The minimum absolute atomic E-state index is 0.0572. The quantitative estimate of drug-likeness (QED) is 0.698. The minimum atomic E-state index is -3.66. The fraction of sp³-hybridized carbons (Fsp3) is 0.409. The van der Waals surface area contributed by atoms with E-state index in [0.29, 0.717) is 26.3 Å². The molecule has 1 heterocycles. The van der Waals surface area contributed by atoms with Crippen molar-refractivity contribution in [2.45, 2.75) is 37.7 Å². The van der Waals surface area contributed by atoms with Crippen LogP contribution in [-0.2, 0) is 31.5 Å². The van der Waals surface area contributed by atoms with Gasteiger partial charge in [0.1, 0.15) is 6.61 Å². The molecule has 7 heteroatoms. The van der Waals surface area contributed by atoms with Crippen LogP contribution in [0.2, 0.25) is 0 Å². The van der Waals surface area contributed by atoms with Gasteiger partial charge in [0, 0.05) is 13.1 Å². The van der Waals surface area contributed by atoms with Gasteiger partial charge in [0.25, 0.3) is 0 Å². The molecule has 1 aliphatic rings. The average Bonchev–Trinajstić information content (AvgIpc) is 2.72. The molecular formula is C22H27NO5S. The van der Waals surface area contributed by atoms with Crippen LogP contribution in [0.15, 0.2) is 53.4 Å². The van der Waals surface area contributed by atoms with Gasteiger partial charge >= 0.3 is 5.97 Å². The fourth-order valence-electron chi connectivity index (χ4n) is 3.05. The Morgan fingerprint density at radius 3 is 2.34 bits per heavy atom. The number of carbonyl (C=O) groups excluding carboxylic acids is 1. The van der Waals surface area contributed by atoms with Crippen molar-refractivity contribution in [2.24, 2.45) is 0 Å². The molecular weight excluding hydrogens is 390 g/mol. The predicted molar refractivity (Wildman–Crippen MR) is 110 cm³/mol. The summed E-state index contributed by atoms with van der Waals surface area (Å²) < 4.78 is 37.5. The number of hydrogen-bond acceptors (Lipinski definition) is 5. The van der Waals surface area contributed by atoms with E-state index in [1.54, 1.807) is 12.1 Å². The van der Waals surface area contributed by atoms with E-state index in [0.717, 1.165) is 5.56 Å². The number of benzene rings is 2. The van der Waals surface area contributed by atoms with Gasteiger partial charge in [0.05, 0.1) is 23.7 Å². The SMILES string of the molecule is CC(C)(C)c1ccc(COC(=O)c2cccc(S(=O)(=O)N3CCOCC3)c2)cc1. The molecule has 2 aromatic rings. The summed E-state index contributed by atoms with van der Waals surface area (Å²) in [6.07, 6.45) is 0. The molecule has 1 saturated heterocycles. The Hall–Kier alpha value is -2.22. The first-order valence-electron chi connectivity index (χ1n) is 9.62. The number of hydrogen-bond donors (Lipinski definition) is 0. The first-order valence-corrected chi connectivity index (χ1v) is 11.1. The van der Waals surface area contributed by atoms with E-state index in [9.17, 15) is 13.2 Å². The molecule has 0 aliphatic carbocycles. The van der Waals surface area contributed by atoms with Crippen LogP contribution in [0.25, 0.3) is 0 Å². The van der Waals surface area contributed by atoms with Crippen LogP contribution in [0.1, 0.15) is 42.3 Å². The van der Waals surface area contributed by atoms with Gasteiger partial charge in [0.15, 0.2) is 0 Å². The first-order chi connectivity index (χ1) is 13.7. The molecule has 0 saturated carbocycles. The van der Waals surface area contributed by atoms with Crippen molar-refractivity contribution in [3.8, 4) is 0 Å². The maximum Gasteiger partial charge on any atom is 0.338 e. The Morgan fingerprint density at radius 2 is 1.72 bits per heavy atom. The van der Waals surface area contributed by atoms with Gasteiger partial charge in [-0.05, 0) is 34.7 Å². The molecule has 0 bridgehead atoms. The number of morpholine rings is 1. The maximum atomic E-state index is 12.8. The molecule has 29 heavy (non-hydrogen) atoms. The van der Waals surface area contributed by atoms with Crippen molar-refractivity contribution in [1.29, 1.82) is 0 Å². The first kappa shape index (κ1) is 21.5. The number of sulfonamides is 1. The summed E-state index contributed by atoms with van der Waals surface area (Å²) in [5.41, 5.74) is 2.35. The van der Waals surface area contributed by atoms with E-state index in [2.05, 4.69) is 20.8 Å². The summed E-state index contributed by atoms with van der Waals surface area (Å²) in [5.74, 6) is -0.552. The zero-order valence-corrected chi connectivity index (χ0v) is 17.9. The maximum absolute atomic E-state index is 12.8. The average molecular weight is 418 g/mol.